The summed E-state index contributed by atoms with van der Waals surface area (Å²) >= 11 is 0. The molecule has 30 heavy (non-hydrogen) atoms. The second-order valence-corrected chi connectivity index (χ2v) is 8.16. The lowest BCUT2D eigenvalue weighted by atomic mass is 10.0. The molecule has 2 saturated heterocycles. The van der Waals surface area contributed by atoms with E-state index >= 15 is 0 Å². The van der Waals surface area contributed by atoms with Gasteiger partial charge in [0.2, 0.25) is 0 Å². The van der Waals surface area contributed by atoms with Crippen LogP contribution in [0.2, 0.25) is 0 Å². The minimum absolute atomic E-state index is 0.00910. The highest BCUT2D eigenvalue weighted by molar-refractivity contribution is 5.77. The number of nitrogens with one attached hydrogen (secondary N) is 3. The molecule has 1 aromatic heterocycles. The Balaban J connectivity index is 1.40. The van der Waals surface area contributed by atoms with Gasteiger partial charge in [-0.2, -0.15) is 0 Å². The molecule has 3 aromatic rings. The summed E-state index contributed by atoms with van der Waals surface area (Å²) in [5.74, 6) is 2.17. The number of methoxy groups -OCH3 is 1. The molecular formula is C23H27N5O2. The van der Waals surface area contributed by atoms with E-state index in [2.05, 4.69) is 15.6 Å². The van der Waals surface area contributed by atoms with Crippen LogP contribution >= 0.6 is 0 Å². The van der Waals surface area contributed by atoms with Crippen LogP contribution in [-0.2, 0) is 6.42 Å². The van der Waals surface area contributed by atoms with Crippen molar-refractivity contribution < 1.29 is 9.53 Å². The Morgan fingerprint density at radius 2 is 2.07 bits per heavy atom. The van der Waals surface area contributed by atoms with Crippen molar-refractivity contribution in [1.29, 1.82) is 0 Å². The number of fused-ring (bicyclic) bond motifs is 2. The van der Waals surface area contributed by atoms with Crippen molar-refractivity contribution in [3.8, 4) is 5.75 Å². The van der Waals surface area contributed by atoms with Gasteiger partial charge in [0.1, 0.15) is 11.6 Å². The molecular weight excluding hydrogens is 378 g/mol. The zero-order valence-electron chi connectivity index (χ0n) is 17.1. The topological polar surface area (TPSA) is 82.3 Å². The zero-order valence-corrected chi connectivity index (χ0v) is 17.1. The van der Waals surface area contributed by atoms with Crippen molar-refractivity contribution in [2.75, 3.05) is 26.7 Å². The Morgan fingerprint density at radius 1 is 1.23 bits per heavy atom. The SMILES string of the molecule is COc1ccc(C[C@@H](NC(=O)N2CCC3CNCC32)c2nc3ccccc3[nH]2)cc1. The van der Waals surface area contributed by atoms with Gasteiger partial charge in [-0.15, -0.1) is 0 Å². The van der Waals surface area contributed by atoms with Crippen molar-refractivity contribution in [1.82, 2.24) is 25.5 Å². The molecule has 5 rings (SSSR count). The number of rotatable bonds is 5. The fraction of sp³-hybridized carbons (Fsp3) is 0.391. The molecule has 3 atom stereocenters. The summed E-state index contributed by atoms with van der Waals surface area (Å²) in [4.78, 5) is 23.4. The fourth-order valence-corrected chi connectivity index (χ4v) is 4.68. The Hall–Kier alpha value is -3.06. The number of carbonyl (C=O) groups is 1. The van der Waals surface area contributed by atoms with Crippen LogP contribution in [0.25, 0.3) is 11.0 Å². The third-order valence-corrected chi connectivity index (χ3v) is 6.34. The smallest absolute Gasteiger partial charge is 0.318 e. The molecule has 7 nitrogen and oxygen atoms in total. The van der Waals surface area contributed by atoms with Gasteiger partial charge in [-0.25, -0.2) is 9.78 Å². The standard InChI is InChI=1S/C23H27N5O2/c1-30-17-8-6-15(7-9-17)12-20(22-25-18-4-2-3-5-19(18)26-22)27-23(29)28-11-10-16-13-24-14-21(16)28/h2-9,16,20-21,24H,10-14H2,1H3,(H,25,26)(H,27,29)/t16?,20-,21?/m1/s1. The van der Waals surface area contributed by atoms with E-state index in [0.717, 1.165) is 54.2 Å². The number of aromatic nitrogens is 2. The van der Waals surface area contributed by atoms with E-state index in [1.54, 1.807) is 7.11 Å². The first-order valence-corrected chi connectivity index (χ1v) is 10.6. The largest absolute Gasteiger partial charge is 0.497 e. The lowest BCUT2D eigenvalue weighted by molar-refractivity contribution is 0.187. The number of aromatic amines is 1. The van der Waals surface area contributed by atoms with E-state index in [0.29, 0.717) is 18.4 Å². The van der Waals surface area contributed by atoms with Gasteiger partial charge in [-0.05, 0) is 48.6 Å². The van der Waals surface area contributed by atoms with Gasteiger partial charge >= 0.3 is 6.03 Å². The fourth-order valence-electron chi connectivity index (χ4n) is 4.68. The van der Waals surface area contributed by atoms with Crippen LogP contribution in [0.3, 0.4) is 0 Å². The van der Waals surface area contributed by atoms with Gasteiger partial charge in [0.05, 0.1) is 24.2 Å². The van der Waals surface area contributed by atoms with E-state index in [1.807, 2.05) is 53.4 Å². The molecule has 156 valence electrons. The lowest BCUT2D eigenvalue weighted by Crippen LogP contribution is -2.46. The quantitative estimate of drug-likeness (QED) is 0.610. The van der Waals surface area contributed by atoms with Crippen LogP contribution in [0, 0.1) is 5.92 Å². The van der Waals surface area contributed by atoms with Crippen LogP contribution in [0.15, 0.2) is 48.5 Å². The van der Waals surface area contributed by atoms with Crippen LogP contribution in [0.5, 0.6) is 5.75 Å². The second-order valence-electron chi connectivity index (χ2n) is 8.16. The number of imidazole rings is 1. The molecule has 0 radical (unpaired) electrons. The molecule has 2 fully saturated rings. The van der Waals surface area contributed by atoms with Crippen LogP contribution in [0.1, 0.15) is 23.9 Å². The van der Waals surface area contributed by atoms with Crippen molar-refractivity contribution in [3.05, 3.63) is 59.9 Å². The number of amides is 2. The van der Waals surface area contributed by atoms with E-state index in [9.17, 15) is 4.79 Å². The van der Waals surface area contributed by atoms with Gasteiger partial charge in [-0.1, -0.05) is 24.3 Å². The number of para-hydroxylation sites is 2. The number of hydrogen-bond acceptors (Lipinski definition) is 4. The maximum atomic E-state index is 13.2. The highest BCUT2D eigenvalue weighted by atomic mass is 16.5. The van der Waals surface area contributed by atoms with Gasteiger partial charge in [0, 0.05) is 25.7 Å². The van der Waals surface area contributed by atoms with Crippen LogP contribution < -0.4 is 15.4 Å². The number of benzene rings is 2. The summed E-state index contributed by atoms with van der Waals surface area (Å²) in [7, 11) is 1.66. The normalized spacial score (nSPS) is 21.6. The average Bonchev–Trinajstić information content (AvgIpc) is 3.48. The zero-order chi connectivity index (χ0) is 20.5. The number of urea groups is 1. The third kappa shape index (κ3) is 3.61. The molecule has 0 spiro atoms. The maximum Gasteiger partial charge on any atom is 0.318 e. The first-order chi connectivity index (χ1) is 14.7. The number of ether oxygens (including phenoxy) is 1. The summed E-state index contributed by atoms with van der Waals surface area (Å²) in [5, 5.41) is 6.67. The molecule has 2 aliphatic rings. The second kappa shape index (κ2) is 7.99. The Kier molecular flexibility index (Phi) is 5.04. The molecule has 7 heteroatoms. The number of carbonyl (C=O) groups excluding carboxylic acids is 1. The molecule has 0 aliphatic carbocycles. The van der Waals surface area contributed by atoms with E-state index in [-0.39, 0.29) is 12.1 Å². The molecule has 2 aromatic carbocycles. The van der Waals surface area contributed by atoms with Gasteiger partial charge in [-0.3, -0.25) is 0 Å². The summed E-state index contributed by atoms with van der Waals surface area (Å²) in [5.41, 5.74) is 2.99. The number of H-pyrrole nitrogens is 1. The third-order valence-electron chi connectivity index (χ3n) is 6.34. The predicted molar refractivity (Wildman–Crippen MR) is 116 cm³/mol. The molecule has 0 bridgehead atoms. The summed E-state index contributed by atoms with van der Waals surface area (Å²) in [6.07, 6.45) is 1.72. The van der Waals surface area contributed by atoms with Gasteiger partial charge < -0.3 is 25.3 Å². The predicted octanol–water partition coefficient (Wildman–Crippen LogP) is 2.86. The Morgan fingerprint density at radius 3 is 2.87 bits per heavy atom. The number of nitrogens with zero attached hydrogens (tertiary/aromatic N) is 2. The molecule has 3 N–H and O–H groups in total. The van der Waals surface area contributed by atoms with Crippen molar-refractivity contribution in [3.63, 3.8) is 0 Å². The molecule has 3 heterocycles. The van der Waals surface area contributed by atoms with Gasteiger partial charge in [0.15, 0.2) is 0 Å². The number of likely N-dealkylation sites (tertiary alicyclic amines) is 1. The molecule has 0 saturated carbocycles. The van der Waals surface area contributed by atoms with Crippen LogP contribution in [-0.4, -0.2) is 53.7 Å². The minimum atomic E-state index is -0.244. The lowest BCUT2D eigenvalue weighted by Gasteiger charge is -2.26. The van der Waals surface area contributed by atoms with Crippen LogP contribution in [0.4, 0.5) is 4.79 Å². The van der Waals surface area contributed by atoms with E-state index in [4.69, 9.17) is 9.72 Å². The highest BCUT2D eigenvalue weighted by Crippen LogP contribution is 2.28. The van der Waals surface area contributed by atoms with Gasteiger partial charge in [0.25, 0.3) is 0 Å². The first kappa shape index (κ1) is 18.9. The summed E-state index contributed by atoms with van der Waals surface area (Å²) in [6.45, 7) is 2.71. The monoisotopic (exact) mass is 405 g/mol. The van der Waals surface area contributed by atoms with E-state index < -0.39 is 0 Å². The maximum absolute atomic E-state index is 13.2. The molecule has 2 unspecified atom stereocenters. The summed E-state index contributed by atoms with van der Waals surface area (Å²) < 4.78 is 5.27. The highest BCUT2D eigenvalue weighted by Gasteiger charge is 2.40. The van der Waals surface area contributed by atoms with Crippen molar-refractivity contribution in [2.24, 2.45) is 5.92 Å². The number of hydrogen-bond donors (Lipinski definition) is 3. The average molecular weight is 406 g/mol. The molecule has 2 amide bonds. The minimum Gasteiger partial charge on any atom is -0.497 e. The summed E-state index contributed by atoms with van der Waals surface area (Å²) in [6, 6.07) is 16.0. The first-order valence-electron chi connectivity index (χ1n) is 10.6. The molecule has 2 aliphatic heterocycles. The Labute approximate surface area is 175 Å². The Bertz CT molecular complexity index is 999. The van der Waals surface area contributed by atoms with Crippen molar-refractivity contribution >= 4 is 17.1 Å². The van der Waals surface area contributed by atoms with E-state index in [1.165, 1.54) is 0 Å². The van der Waals surface area contributed by atoms with Crippen molar-refractivity contribution in [2.45, 2.75) is 24.9 Å².